The van der Waals surface area contributed by atoms with Gasteiger partial charge < -0.3 is 4.74 Å². The number of hydrogen-bond acceptors (Lipinski definition) is 5. The fourth-order valence-corrected chi connectivity index (χ4v) is 6.85. The van der Waals surface area contributed by atoms with Gasteiger partial charge in [-0.2, -0.15) is 0 Å². The van der Waals surface area contributed by atoms with Gasteiger partial charge in [-0.1, -0.05) is 92.5 Å². The number of esters is 1. The number of ether oxygens (including phenoxy) is 1. The number of hydrogen-bond donors (Lipinski definition) is 0. The number of thioether (sulfide) groups is 1. The van der Waals surface area contributed by atoms with Gasteiger partial charge in [0.1, 0.15) is 0 Å². The summed E-state index contributed by atoms with van der Waals surface area (Å²) in [5.41, 5.74) is 4.74. The zero-order valence-corrected chi connectivity index (χ0v) is 22.0. The van der Waals surface area contributed by atoms with Gasteiger partial charge in [0.25, 0.3) is 5.56 Å². The van der Waals surface area contributed by atoms with Gasteiger partial charge in [0.15, 0.2) is 5.16 Å². The third-order valence-corrected chi connectivity index (χ3v) is 8.80. The first-order valence-electron chi connectivity index (χ1n) is 13.1. The van der Waals surface area contributed by atoms with Gasteiger partial charge >= 0.3 is 5.97 Å². The molecule has 0 aliphatic heterocycles. The SMILES string of the molecule is CCOC(=O)CSc1nc2c(c(=O)n1Cc1ccccc1)[C@](C)(C1CCCCC1)Cc1ccccc1-2. The maximum Gasteiger partial charge on any atom is 0.316 e. The van der Waals surface area contributed by atoms with Crippen LogP contribution in [0.5, 0.6) is 0 Å². The van der Waals surface area contributed by atoms with Crippen LogP contribution < -0.4 is 5.56 Å². The van der Waals surface area contributed by atoms with Crippen LogP contribution in [0.15, 0.2) is 64.5 Å². The van der Waals surface area contributed by atoms with Crippen molar-refractivity contribution in [2.75, 3.05) is 12.4 Å². The first-order valence-corrected chi connectivity index (χ1v) is 14.1. The molecule has 0 radical (unpaired) electrons. The molecule has 0 bridgehead atoms. The predicted molar refractivity (Wildman–Crippen MR) is 144 cm³/mol. The summed E-state index contributed by atoms with van der Waals surface area (Å²) in [7, 11) is 0. The van der Waals surface area contributed by atoms with Crippen molar-refractivity contribution in [2.24, 2.45) is 5.92 Å². The van der Waals surface area contributed by atoms with Crippen LogP contribution in [0.25, 0.3) is 11.3 Å². The van der Waals surface area contributed by atoms with Crippen LogP contribution >= 0.6 is 11.8 Å². The summed E-state index contributed by atoms with van der Waals surface area (Å²) in [6.07, 6.45) is 6.87. The highest BCUT2D eigenvalue weighted by atomic mass is 32.2. The van der Waals surface area contributed by atoms with E-state index in [1.807, 2.05) is 36.4 Å². The number of fused-ring (bicyclic) bond motifs is 3. The Labute approximate surface area is 217 Å². The van der Waals surface area contributed by atoms with E-state index in [1.165, 1.54) is 36.6 Å². The molecule has 1 fully saturated rings. The normalized spacial score (nSPS) is 19.4. The number of rotatable bonds is 7. The van der Waals surface area contributed by atoms with E-state index in [4.69, 9.17) is 9.72 Å². The van der Waals surface area contributed by atoms with Crippen molar-refractivity contribution < 1.29 is 9.53 Å². The van der Waals surface area contributed by atoms with Gasteiger partial charge in [0, 0.05) is 11.0 Å². The Hall–Kier alpha value is -2.86. The van der Waals surface area contributed by atoms with Gasteiger partial charge in [-0.3, -0.25) is 14.2 Å². The van der Waals surface area contributed by atoms with Gasteiger partial charge in [0.2, 0.25) is 0 Å². The molecule has 1 saturated carbocycles. The van der Waals surface area contributed by atoms with Crippen LogP contribution in [0.4, 0.5) is 0 Å². The highest BCUT2D eigenvalue weighted by Crippen LogP contribution is 2.49. The summed E-state index contributed by atoms with van der Waals surface area (Å²) in [6, 6.07) is 18.4. The van der Waals surface area contributed by atoms with E-state index < -0.39 is 0 Å². The molecule has 0 spiro atoms. The third-order valence-electron chi connectivity index (χ3n) is 7.85. The van der Waals surface area contributed by atoms with E-state index in [0.29, 0.717) is 24.2 Å². The van der Waals surface area contributed by atoms with E-state index in [2.05, 4.69) is 25.1 Å². The number of aromatic nitrogens is 2. The van der Waals surface area contributed by atoms with E-state index in [9.17, 15) is 9.59 Å². The average Bonchev–Trinajstić information content (AvgIpc) is 2.90. The molecule has 1 aromatic heterocycles. The minimum absolute atomic E-state index is 0.0257. The topological polar surface area (TPSA) is 61.2 Å². The second-order valence-corrected chi connectivity index (χ2v) is 11.1. The largest absolute Gasteiger partial charge is 0.465 e. The second kappa shape index (κ2) is 10.6. The highest BCUT2D eigenvalue weighted by Gasteiger charge is 2.44. The molecule has 2 aliphatic rings. The number of carbonyl (C=O) groups is 1. The van der Waals surface area contributed by atoms with Crippen LogP contribution in [-0.4, -0.2) is 27.9 Å². The minimum Gasteiger partial charge on any atom is -0.465 e. The Kier molecular flexibility index (Phi) is 7.33. The standard InChI is InChI=1S/C30H34N2O3S/c1-3-35-25(33)20-36-29-31-27-24-17-11-10-14-22(24)18-30(2,23-15-8-5-9-16-23)26(27)28(34)32(29)19-21-12-6-4-7-13-21/h4,6-7,10-14,17,23H,3,5,8-9,15-16,18-20H2,1-2H3/t30-/m0/s1. The lowest BCUT2D eigenvalue weighted by molar-refractivity contribution is -0.139. The van der Waals surface area contributed by atoms with Crippen molar-refractivity contribution in [3.8, 4) is 11.3 Å². The molecule has 5 nitrogen and oxygen atoms in total. The Morgan fingerprint density at radius 1 is 1.08 bits per heavy atom. The Morgan fingerprint density at radius 2 is 1.81 bits per heavy atom. The molecular formula is C30H34N2O3S. The van der Waals surface area contributed by atoms with E-state index in [-0.39, 0.29) is 22.7 Å². The van der Waals surface area contributed by atoms with Crippen LogP contribution in [0.1, 0.15) is 62.6 Å². The third kappa shape index (κ3) is 4.75. The second-order valence-electron chi connectivity index (χ2n) is 10.2. The summed E-state index contributed by atoms with van der Waals surface area (Å²) < 4.78 is 6.94. The van der Waals surface area contributed by atoms with Crippen molar-refractivity contribution in [3.05, 3.63) is 81.6 Å². The lowest BCUT2D eigenvalue weighted by atomic mass is 9.60. The first-order chi connectivity index (χ1) is 17.5. The Morgan fingerprint density at radius 3 is 2.56 bits per heavy atom. The molecule has 2 aromatic carbocycles. The smallest absolute Gasteiger partial charge is 0.316 e. The Balaban J connectivity index is 1.69. The first kappa shape index (κ1) is 24.8. The molecule has 1 heterocycles. The molecule has 0 amide bonds. The van der Waals surface area contributed by atoms with Gasteiger partial charge in [-0.05, 0) is 43.2 Å². The molecule has 6 heteroatoms. The maximum absolute atomic E-state index is 14.5. The monoisotopic (exact) mass is 502 g/mol. The maximum atomic E-state index is 14.5. The molecule has 5 rings (SSSR count). The summed E-state index contributed by atoms with van der Waals surface area (Å²) in [6.45, 7) is 4.85. The molecule has 0 unspecified atom stereocenters. The predicted octanol–water partition coefficient (Wildman–Crippen LogP) is 6.01. The van der Waals surface area contributed by atoms with Crippen LogP contribution in [0.2, 0.25) is 0 Å². The summed E-state index contributed by atoms with van der Waals surface area (Å²) in [4.78, 5) is 31.8. The van der Waals surface area contributed by atoms with Crippen LogP contribution in [0.3, 0.4) is 0 Å². The van der Waals surface area contributed by atoms with Crippen LogP contribution in [-0.2, 0) is 27.9 Å². The molecule has 188 valence electrons. The van der Waals surface area contributed by atoms with Gasteiger partial charge in [0.05, 0.1) is 30.2 Å². The number of benzene rings is 2. The van der Waals surface area contributed by atoms with Crippen molar-refractivity contribution in [1.82, 2.24) is 9.55 Å². The molecule has 36 heavy (non-hydrogen) atoms. The lowest BCUT2D eigenvalue weighted by Crippen LogP contribution is -2.45. The minimum atomic E-state index is -0.298. The summed E-state index contributed by atoms with van der Waals surface area (Å²) in [5.74, 6) is 0.277. The number of nitrogens with zero attached hydrogens (tertiary/aromatic N) is 2. The summed E-state index contributed by atoms with van der Waals surface area (Å²) in [5, 5.41) is 0.568. The van der Waals surface area contributed by atoms with Gasteiger partial charge in [-0.25, -0.2) is 4.98 Å². The van der Waals surface area contributed by atoms with Crippen LogP contribution in [0, 0.1) is 5.92 Å². The number of carbonyl (C=O) groups excluding carboxylic acids is 1. The lowest BCUT2D eigenvalue weighted by Gasteiger charge is -2.44. The quantitative estimate of drug-likeness (QED) is 0.225. The fourth-order valence-electron chi connectivity index (χ4n) is 6.06. The van der Waals surface area contributed by atoms with E-state index in [1.54, 1.807) is 11.5 Å². The molecule has 1 atom stereocenters. The highest BCUT2D eigenvalue weighted by molar-refractivity contribution is 7.99. The van der Waals surface area contributed by atoms with Crippen molar-refractivity contribution in [2.45, 2.75) is 69.5 Å². The van der Waals surface area contributed by atoms with E-state index in [0.717, 1.165) is 41.6 Å². The zero-order valence-electron chi connectivity index (χ0n) is 21.2. The molecule has 2 aliphatic carbocycles. The van der Waals surface area contributed by atoms with E-state index >= 15 is 0 Å². The summed E-state index contributed by atoms with van der Waals surface area (Å²) >= 11 is 1.29. The van der Waals surface area contributed by atoms with Crippen molar-refractivity contribution >= 4 is 17.7 Å². The molecule has 0 N–H and O–H groups in total. The molecular weight excluding hydrogens is 468 g/mol. The zero-order chi connectivity index (χ0) is 25.1. The fraction of sp³-hybridized carbons (Fsp3) is 0.433. The Bertz CT molecular complexity index is 1300. The van der Waals surface area contributed by atoms with Crippen molar-refractivity contribution in [3.63, 3.8) is 0 Å². The molecule has 3 aromatic rings. The molecule has 0 saturated heterocycles. The van der Waals surface area contributed by atoms with Crippen molar-refractivity contribution in [1.29, 1.82) is 0 Å². The van der Waals surface area contributed by atoms with Gasteiger partial charge in [-0.15, -0.1) is 0 Å². The average molecular weight is 503 g/mol.